The second kappa shape index (κ2) is 14.3. The zero-order chi connectivity index (χ0) is 34.0. The third-order valence-corrected chi connectivity index (χ3v) is 10.7. The van der Waals surface area contributed by atoms with Gasteiger partial charge in [0.1, 0.15) is 12.1 Å². The van der Waals surface area contributed by atoms with Gasteiger partial charge in [0.25, 0.3) is 5.91 Å². The van der Waals surface area contributed by atoms with Gasteiger partial charge in [-0.2, -0.15) is 0 Å². The molecule has 5 amide bonds. The highest BCUT2D eigenvalue weighted by Gasteiger charge is 2.70. The highest BCUT2D eigenvalue weighted by Crippen LogP contribution is 2.65. The molecule has 11 heteroatoms. The van der Waals surface area contributed by atoms with E-state index in [4.69, 9.17) is 0 Å². The molecule has 4 aliphatic rings. The van der Waals surface area contributed by atoms with Crippen LogP contribution in [0.2, 0.25) is 0 Å². The van der Waals surface area contributed by atoms with Crippen molar-refractivity contribution >= 4 is 35.3 Å². The molecule has 1 heterocycles. The molecule has 0 radical (unpaired) electrons. The smallest absolute Gasteiger partial charge is 0.316 e. The van der Waals surface area contributed by atoms with Crippen LogP contribution in [0.25, 0.3) is 0 Å². The number of likely N-dealkylation sites (tertiary alicyclic amines) is 1. The van der Waals surface area contributed by atoms with Crippen LogP contribution in [0.4, 0.5) is 4.79 Å². The minimum Gasteiger partial charge on any atom is -0.346 e. The Hall–Kier alpha value is -3.24. The number of nitrogens with one attached hydrogen (secondary N) is 4. The summed E-state index contributed by atoms with van der Waals surface area (Å²) in [5.74, 6) is -2.23. The SMILES string of the molecule is C=CCNC(=O)C(=O)C(CCC)NC(=O)[C@@H]1[C@@H]2[C@H](CN1C(=O)[C@@H](NC(=O)N[C@H](C(=O)C1CC1)C1CCCCC1)C(C)(C)C)C2(C)C. The molecule has 0 bridgehead atoms. The first-order chi connectivity index (χ1) is 21.6. The van der Waals surface area contributed by atoms with Gasteiger partial charge in [-0.25, -0.2) is 4.79 Å². The highest BCUT2D eigenvalue weighted by molar-refractivity contribution is 6.38. The van der Waals surface area contributed by atoms with E-state index in [0.29, 0.717) is 13.0 Å². The Labute approximate surface area is 273 Å². The molecular formula is C35H55N5O6. The third kappa shape index (κ3) is 7.82. The van der Waals surface area contributed by atoms with E-state index in [2.05, 4.69) is 41.7 Å². The summed E-state index contributed by atoms with van der Waals surface area (Å²) < 4.78 is 0. The molecule has 1 aliphatic heterocycles. The Balaban J connectivity index is 1.51. The molecule has 46 heavy (non-hydrogen) atoms. The molecule has 4 N–H and O–H groups in total. The van der Waals surface area contributed by atoms with Crippen LogP contribution in [-0.2, 0) is 24.0 Å². The predicted molar refractivity (Wildman–Crippen MR) is 174 cm³/mol. The maximum atomic E-state index is 14.3. The van der Waals surface area contributed by atoms with E-state index in [0.717, 1.165) is 44.9 Å². The van der Waals surface area contributed by atoms with Crippen molar-refractivity contribution in [1.29, 1.82) is 0 Å². The number of hydrogen-bond donors (Lipinski definition) is 4. The number of hydrogen-bond acceptors (Lipinski definition) is 6. The summed E-state index contributed by atoms with van der Waals surface area (Å²) in [6.07, 6.45) is 9.01. The molecule has 0 spiro atoms. The number of amides is 5. The van der Waals surface area contributed by atoms with Crippen molar-refractivity contribution in [3.63, 3.8) is 0 Å². The molecule has 0 aromatic rings. The molecular weight excluding hydrogens is 586 g/mol. The number of carbonyl (C=O) groups is 6. The van der Waals surface area contributed by atoms with Crippen molar-refractivity contribution in [2.45, 2.75) is 123 Å². The van der Waals surface area contributed by atoms with Crippen LogP contribution in [0.5, 0.6) is 0 Å². The van der Waals surface area contributed by atoms with Gasteiger partial charge in [0.2, 0.25) is 17.6 Å². The second-order valence-electron chi connectivity index (χ2n) is 15.6. The van der Waals surface area contributed by atoms with Crippen LogP contribution >= 0.6 is 0 Å². The fraction of sp³-hybridized carbons (Fsp3) is 0.771. The Morgan fingerprint density at radius 1 is 0.957 bits per heavy atom. The van der Waals surface area contributed by atoms with Gasteiger partial charge >= 0.3 is 6.03 Å². The normalized spacial score (nSPS) is 25.7. The number of piperidine rings is 1. The minimum atomic E-state index is -1.02. The summed E-state index contributed by atoms with van der Waals surface area (Å²) >= 11 is 0. The van der Waals surface area contributed by atoms with Gasteiger partial charge in [0.05, 0.1) is 12.1 Å². The summed E-state index contributed by atoms with van der Waals surface area (Å²) in [5, 5.41) is 11.1. The largest absolute Gasteiger partial charge is 0.346 e. The van der Waals surface area contributed by atoms with Crippen LogP contribution in [0.3, 0.4) is 0 Å². The van der Waals surface area contributed by atoms with E-state index in [1.807, 2.05) is 27.7 Å². The van der Waals surface area contributed by atoms with Crippen molar-refractivity contribution in [2.24, 2.45) is 34.5 Å². The van der Waals surface area contributed by atoms with Crippen LogP contribution < -0.4 is 21.3 Å². The molecule has 3 aliphatic carbocycles. The predicted octanol–water partition coefficient (Wildman–Crippen LogP) is 3.27. The average molecular weight is 642 g/mol. The fourth-order valence-corrected chi connectivity index (χ4v) is 7.68. The first-order valence-corrected chi connectivity index (χ1v) is 17.3. The number of nitrogens with zero attached hydrogens (tertiary/aromatic N) is 1. The second-order valence-corrected chi connectivity index (χ2v) is 15.6. The number of urea groups is 1. The van der Waals surface area contributed by atoms with Crippen molar-refractivity contribution in [2.75, 3.05) is 13.1 Å². The number of rotatable bonds is 14. The summed E-state index contributed by atoms with van der Waals surface area (Å²) in [4.78, 5) is 82.0. The van der Waals surface area contributed by atoms with E-state index in [1.54, 1.807) is 4.90 Å². The lowest BCUT2D eigenvalue weighted by Gasteiger charge is -2.38. The summed E-state index contributed by atoms with van der Waals surface area (Å²) in [5.41, 5.74) is -0.884. The van der Waals surface area contributed by atoms with Gasteiger partial charge < -0.3 is 26.2 Å². The van der Waals surface area contributed by atoms with Crippen LogP contribution in [0, 0.1) is 34.5 Å². The lowest BCUT2D eigenvalue weighted by atomic mass is 9.81. The van der Waals surface area contributed by atoms with Gasteiger partial charge in [-0.05, 0) is 60.7 Å². The topological polar surface area (TPSA) is 154 Å². The van der Waals surface area contributed by atoms with Crippen molar-refractivity contribution in [3.8, 4) is 0 Å². The molecule has 0 aromatic carbocycles. The minimum absolute atomic E-state index is 0.00250. The first kappa shape index (κ1) is 35.6. The number of Topliss-reactive ketones (excluding diaryl/α,β-unsaturated/α-hetero) is 2. The molecule has 3 saturated carbocycles. The summed E-state index contributed by atoms with van der Waals surface area (Å²) in [7, 11) is 0. The monoisotopic (exact) mass is 641 g/mol. The Bertz CT molecular complexity index is 1210. The van der Waals surface area contributed by atoms with E-state index >= 15 is 0 Å². The molecule has 1 unspecified atom stereocenters. The maximum Gasteiger partial charge on any atom is 0.316 e. The fourth-order valence-electron chi connectivity index (χ4n) is 7.68. The van der Waals surface area contributed by atoms with Gasteiger partial charge in [0.15, 0.2) is 5.78 Å². The standard InChI is InChI=1S/C35H55N5O6/c1-8-13-23(28(42)31(44)36-18-9-2)37-30(43)26-24-22(35(24,6)7)19-40(26)32(45)29(34(3,4)5)39-33(46)38-25(27(41)21-16-17-21)20-14-11-10-12-15-20/h9,20-26,29H,2,8,10-19H2,1,3-7H3,(H,36,44)(H,37,43)(H2,38,39,46)/t22-,23?,24-,25-,26-,29+/m0/s1. The molecule has 4 fully saturated rings. The molecule has 6 atom stereocenters. The zero-order valence-electron chi connectivity index (χ0n) is 28.6. The quantitative estimate of drug-likeness (QED) is 0.169. The summed E-state index contributed by atoms with van der Waals surface area (Å²) in [6, 6.07) is -3.97. The van der Waals surface area contributed by atoms with Gasteiger partial charge in [-0.3, -0.25) is 24.0 Å². The molecule has 256 valence electrons. The Kier molecular flexibility index (Phi) is 11.0. The highest BCUT2D eigenvalue weighted by atomic mass is 16.2. The number of ketones is 2. The maximum absolute atomic E-state index is 14.3. The van der Waals surface area contributed by atoms with Crippen LogP contribution in [0.1, 0.15) is 99.3 Å². The van der Waals surface area contributed by atoms with Crippen LogP contribution in [-0.4, -0.2) is 77.5 Å². The average Bonchev–Trinajstić information content (AvgIpc) is 3.89. The first-order valence-electron chi connectivity index (χ1n) is 17.3. The van der Waals surface area contributed by atoms with E-state index in [9.17, 15) is 28.8 Å². The molecule has 1 saturated heterocycles. The Morgan fingerprint density at radius 2 is 1.61 bits per heavy atom. The Morgan fingerprint density at radius 3 is 2.17 bits per heavy atom. The molecule has 0 aromatic heterocycles. The number of carbonyl (C=O) groups excluding carboxylic acids is 6. The van der Waals surface area contributed by atoms with Gasteiger partial charge in [-0.15, -0.1) is 6.58 Å². The zero-order valence-corrected chi connectivity index (χ0v) is 28.6. The lowest BCUT2D eigenvalue weighted by Crippen LogP contribution is -2.62. The molecule has 11 nitrogen and oxygen atoms in total. The third-order valence-electron chi connectivity index (χ3n) is 10.7. The van der Waals surface area contributed by atoms with Gasteiger partial charge in [0, 0.05) is 19.0 Å². The van der Waals surface area contributed by atoms with Crippen LogP contribution in [0.15, 0.2) is 12.7 Å². The van der Waals surface area contributed by atoms with Crippen molar-refractivity contribution in [1.82, 2.24) is 26.2 Å². The van der Waals surface area contributed by atoms with Crippen molar-refractivity contribution in [3.05, 3.63) is 12.7 Å². The van der Waals surface area contributed by atoms with E-state index in [-0.39, 0.29) is 53.7 Å². The lowest BCUT2D eigenvalue weighted by molar-refractivity contribution is -0.145. The van der Waals surface area contributed by atoms with Gasteiger partial charge in [-0.1, -0.05) is 73.3 Å². The summed E-state index contributed by atoms with van der Waals surface area (Å²) in [6.45, 7) is 15.6. The van der Waals surface area contributed by atoms with E-state index < -0.39 is 53.2 Å². The van der Waals surface area contributed by atoms with Crippen molar-refractivity contribution < 1.29 is 28.8 Å². The number of fused-ring (bicyclic) bond motifs is 1. The van der Waals surface area contributed by atoms with E-state index in [1.165, 1.54) is 6.08 Å². The molecule has 4 rings (SSSR count).